The number of carbonyl (C=O) groups is 1. The fourth-order valence-electron chi connectivity index (χ4n) is 2.25. The lowest BCUT2D eigenvalue weighted by Gasteiger charge is -2.09. The minimum atomic E-state index is -1.57. The second-order valence-corrected chi connectivity index (χ2v) is 6.03. The lowest BCUT2D eigenvalue weighted by Crippen LogP contribution is -2.22. The molecule has 0 saturated heterocycles. The summed E-state index contributed by atoms with van der Waals surface area (Å²) in [5.41, 5.74) is 0.911. The Morgan fingerprint density at radius 1 is 0.963 bits per heavy atom. The highest BCUT2D eigenvalue weighted by Gasteiger charge is 2.14. The summed E-state index contributed by atoms with van der Waals surface area (Å²) in [4.78, 5) is 16.1. The van der Waals surface area contributed by atoms with Gasteiger partial charge in [-0.3, -0.25) is 4.79 Å². The molecule has 3 rings (SSSR count). The molecule has 0 saturated carbocycles. The normalized spacial score (nSPS) is 10.5. The van der Waals surface area contributed by atoms with E-state index >= 15 is 0 Å². The minimum Gasteiger partial charge on any atom is -0.348 e. The number of halogens is 4. The molecule has 1 aromatic heterocycles. The molecule has 8 heteroatoms. The van der Waals surface area contributed by atoms with E-state index in [0.29, 0.717) is 17.1 Å². The number of carbonyl (C=O) groups excluding carboxylic acids is 1. The Morgan fingerprint density at radius 2 is 1.70 bits per heavy atom. The molecule has 138 valence electrons. The van der Waals surface area contributed by atoms with Crippen molar-refractivity contribution in [2.24, 2.45) is 0 Å². The van der Waals surface area contributed by atoms with Crippen LogP contribution in [-0.2, 0) is 6.54 Å². The van der Waals surface area contributed by atoms with Gasteiger partial charge in [0.15, 0.2) is 17.5 Å². The Labute approximate surface area is 158 Å². The molecule has 0 aliphatic carbocycles. The number of amides is 1. The largest absolute Gasteiger partial charge is 0.348 e. The highest BCUT2D eigenvalue weighted by molar-refractivity contribution is 6.30. The lowest BCUT2D eigenvalue weighted by atomic mass is 10.2. The highest BCUT2D eigenvalue weighted by atomic mass is 35.5. The van der Waals surface area contributed by atoms with E-state index in [-0.39, 0.29) is 17.4 Å². The van der Waals surface area contributed by atoms with Crippen LogP contribution in [-0.4, -0.2) is 10.9 Å². The van der Waals surface area contributed by atoms with E-state index in [1.165, 1.54) is 18.3 Å². The van der Waals surface area contributed by atoms with Gasteiger partial charge in [-0.1, -0.05) is 23.7 Å². The molecule has 2 N–H and O–H groups in total. The summed E-state index contributed by atoms with van der Waals surface area (Å²) in [6.07, 6.45) is 1.29. The first-order valence-electron chi connectivity index (χ1n) is 7.83. The van der Waals surface area contributed by atoms with Gasteiger partial charge in [-0.05, 0) is 42.0 Å². The SMILES string of the molecule is O=C(NCc1ccc(Cl)cc1)c1ccc(Nc2ccc(F)c(F)c2F)nc1. The van der Waals surface area contributed by atoms with E-state index in [0.717, 1.165) is 17.7 Å². The van der Waals surface area contributed by atoms with E-state index in [1.807, 2.05) is 0 Å². The molecule has 0 radical (unpaired) electrons. The predicted octanol–water partition coefficient (Wildman–Crippen LogP) is 4.83. The van der Waals surface area contributed by atoms with Crippen LogP contribution in [0.4, 0.5) is 24.7 Å². The average Bonchev–Trinajstić information content (AvgIpc) is 2.68. The number of nitrogens with one attached hydrogen (secondary N) is 2. The van der Waals surface area contributed by atoms with Gasteiger partial charge in [0, 0.05) is 17.8 Å². The van der Waals surface area contributed by atoms with Gasteiger partial charge in [-0.15, -0.1) is 0 Å². The van der Waals surface area contributed by atoms with Crippen LogP contribution in [0.1, 0.15) is 15.9 Å². The third-order valence-electron chi connectivity index (χ3n) is 3.69. The zero-order chi connectivity index (χ0) is 19.4. The standard InChI is InChI=1S/C19H13ClF3N3O/c20-13-4-1-11(2-5-13)9-25-19(27)12-3-8-16(24-10-12)26-15-7-6-14(21)17(22)18(15)23/h1-8,10H,9H2,(H,24,26)(H,25,27). The fraction of sp³-hybridized carbons (Fsp3) is 0.0526. The molecule has 2 aromatic carbocycles. The van der Waals surface area contributed by atoms with Crippen molar-refractivity contribution in [3.05, 3.63) is 88.3 Å². The van der Waals surface area contributed by atoms with Gasteiger partial charge in [0.1, 0.15) is 5.82 Å². The number of pyridine rings is 1. The van der Waals surface area contributed by atoms with Crippen LogP contribution in [0.3, 0.4) is 0 Å². The molecule has 3 aromatic rings. The third kappa shape index (κ3) is 4.57. The molecule has 0 aliphatic heterocycles. The van der Waals surface area contributed by atoms with Crippen LogP contribution in [0.25, 0.3) is 0 Å². The monoisotopic (exact) mass is 391 g/mol. The first-order valence-corrected chi connectivity index (χ1v) is 8.21. The molecule has 1 amide bonds. The van der Waals surface area contributed by atoms with E-state index in [9.17, 15) is 18.0 Å². The molecule has 1 heterocycles. The topological polar surface area (TPSA) is 54.0 Å². The summed E-state index contributed by atoms with van der Waals surface area (Å²) in [5, 5.41) is 5.87. The molecule has 4 nitrogen and oxygen atoms in total. The van der Waals surface area contributed by atoms with Gasteiger partial charge in [0.05, 0.1) is 11.3 Å². The Hall–Kier alpha value is -3.06. The second kappa shape index (κ2) is 8.09. The Balaban J connectivity index is 1.63. The molecule has 0 aliphatic rings. The van der Waals surface area contributed by atoms with E-state index in [2.05, 4.69) is 15.6 Å². The molecule has 0 unspecified atom stereocenters. The van der Waals surface area contributed by atoms with E-state index in [4.69, 9.17) is 11.6 Å². The first-order chi connectivity index (χ1) is 12.9. The fourth-order valence-corrected chi connectivity index (χ4v) is 2.38. The summed E-state index contributed by atoms with van der Waals surface area (Å²) in [7, 11) is 0. The number of hydrogen-bond donors (Lipinski definition) is 2. The quantitative estimate of drug-likeness (QED) is 0.613. The maximum Gasteiger partial charge on any atom is 0.253 e. The highest BCUT2D eigenvalue weighted by Crippen LogP contribution is 2.22. The minimum absolute atomic E-state index is 0.175. The van der Waals surface area contributed by atoms with Crippen molar-refractivity contribution >= 4 is 29.0 Å². The molecule has 27 heavy (non-hydrogen) atoms. The lowest BCUT2D eigenvalue weighted by molar-refractivity contribution is 0.0950. The molecule has 0 bridgehead atoms. The van der Waals surface area contributed by atoms with Crippen molar-refractivity contribution < 1.29 is 18.0 Å². The van der Waals surface area contributed by atoms with Crippen molar-refractivity contribution in [2.75, 3.05) is 5.32 Å². The second-order valence-electron chi connectivity index (χ2n) is 5.59. The number of benzene rings is 2. The van der Waals surface area contributed by atoms with Crippen molar-refractivity contribution in [3.8, 4) is 0 Å². The Morgan fingerprint density at radius 3 is 2.37 bits per heavy atom. The number of nitrogens with zero attached hydrogens (tertiary/aromatic N) is 1. The Kier molecular flexibility index (Phi) is 5.61. The Bertz CT molecular complexity index is 963. The zero-order valence-corrected chi connectivity index (χ0v) is 14.5. The van der Waals surface area contributed by atoms with Crippen molar-refractivity contribution in [2.45, 2.75) is 6.54 Å². The summed E-state index contributed by atoms with van der Waals surface area (Å²) < 4.78 is 39.9. The van der Waals surface area contributed by atoms with E-state index < -0.39 is 17.5 Å². The molecular weight excluding hydrogens is 379 g/mol. The van der Waals surface area contributed by atoms with Gasteiger partial charge in [-0.2, -0.15) is 0 Å². The molecular formula is C19H13ClF3N3O. The summed E-state index contributed by atoms with van der Waals surface area (Å²) >= 11 is 5.80. The number of anilines is 2. The van der Waals surface area contributed by atoms with Crippen LogP contribution in [0, 0.1) is 17.5 Å². The smallest absolute Gasteiger partial charge is 0.253 e. The number of aromatic nitrogens is 1. The summed E-state index contributed by atoms with van der Waals surface area (Å²) in [5.74, 6) is -4.37. The zero-order valence-electron chi connectivity index (χ0n) is 13.8. The molecule has 0 atom stereocenters. The maximum absolute atomic E-state index is 13.7. The van der Waals surface area contributed by atoms with Crippen molar-refractivity contribution in [1.82, 2.24) is 10.3 Å². The predicted molar refractivity (Wildman–Crippen MR) is 96.5 cm³/mol. The average molecular weight is 392 g/mol. The van der Waals surface area contributed by atoms with Crippen LogP contribution in [0.15, 0.2) is 54.7 Å². The first kappa shape index (κ1) is 18.7. The van der Waals surface area contributed by atoms with Crippen LogP contribution in [0.2, 0.25) is 5.02 Å². The van der Waals surface area contributed by atoms with Gasteiger partial charge >= 0.3 is 0 Å². The number of hydrogen-bond acceptors (Lipinski definition) is 3. The maximum atomic E-state index is 13.7. The van der Waals surface area contributed by atoms with Crippen LogP contribution >= 0.6 is 11.6 Å². The molecule has 0 spiro atoms. The van der Waals surface area contributed by atoms with Crippen molar-refractivity contribution in [3.63, 3.8) is 0 Å². The summed E-state index contributed by atoms with van der Waals surface area (Å²) in [6, 6.07) is 11.8. The number of rotatable bonds is 5. The van der Waals surface area contributed by atoms with Gasteiger partial charge < -0.3 is 10.6 Å². The third-order valence-corrected chi connectivity index (χ3v) is 3.94. The van der Waals surface area contributed by atoms with E-state index in [1.54, 1.807) is 24.3 Å². The van der Waals surface area contributed by atoms with Gasteiger partial charge in [-0.25, -0.2) is 18.2 Å². The van der Waals surface area contributed by atoms with Crippen LogP contribution in [0.5, 0.6) is 0 Å². The van der Waals surface area contributed by atoms with Gasteiger partial charge in [0.2, 0.25) is 0 Å². The summed E-state index contributed by atoms with van der Waals surface area (Å²) in [6.45, 7) is 0.316. The van der Waals surface area contributed by atoms with Gasteiger partial charge in [0.25, 0.3) is 5.91 Å². The van der Waals surface area contributed by atoms with Crippen molar-refractivity contribution in [1.29, 1.82) is 0 Å². The van der Waals surface area contributed by atoms with Crippen LogP contribution < -0.4 is 10.6 Å². The molecule has 0 fully saturated rings.